The van der Waals surface area contributed by atoms with Gasteiger partial charge in [-0.3, -0.25) is 0 Å². The van der Waals surface area contributed by atoms with Crippen LogP contribution in [-0.4, -0.2) is 9.55 Å². The van der Waals surface area contributed by atoms with Gasteiger partial charge < -0.3 is 10.3 Å². The van der Waals surface area contributed by atoms with Crippen molar-refractivity contribution in [2.75, 3.05) is 5.73 Å². The zero-order valence-corrected chi connectivity index (χ0v) is 13.2. The van der Waals surface area contributed by atoms with Crippen LogP contribution in [0.2, 0.25) is 5.02 Å². The molecule has 1 heterocycles. The molecule has 0 amide bonds. The lowest BCUT2D eigenvalue weighted by Crippen LogP contribution is -2.09. The Morgan fingerprint density at radius 3 is 2.76 bits per heavy atom. The fraction of sp³-hybridized carbons (Fsp3) is 0.471. The molecule has 2 aromatic rings. The molecule has 0 bridgehead atoms. The first-order chi connectivity index (χ1) is 10.2. The summed E-state index contributed by atoms with van der Waals surface area (Å²) < 4.78 is 2.21. The molecule has 0 atom stereocenters. The summed E-state index contributed by atoms with van der Waals surface area (Å²) in [7, 11) is 0. The number of imidazole rings is 1. The summed E-state index contributed by atoms with van der Waals surface area (Å²) in [6, 6.07) is 7.79. The number of nitrogen functional groups attached to an aromatic ring is 1. The molecule has 21 heavy (non-hydrogen) atoms. The van der Waals surface area contributed by atoms with Gasteiger partial charge in [0.2, 0.25) is 0 Å². The fourth-order valence-corrected chi connectivity index (χ4v) is 3.48. The van der Waals surface area contributed by atoms with E-state index in [2.05, 4.69) is 11.5 Å². The molecular formula is C17H22ClN3. The van der Waals surface area contributed by atoms with Crippen molar-refractivity contribution in [3.8, 4) is 11.3 Å². The first-order valence-electron chi connectivity index (χ1n) is 7.82. The van der Waals surface area contributed by atoms with Crippen molar-refractivity contribution in [2.45, 2.75) is 51.5 Å². The third kappa shape index (κ3) is 2.80. The highest BCUT2D eigenvalue weighted by Gasteiger charge is 2.25. The lowest BCUT2D eigenvalue weighted by atomic mass is 10.1. The van der Waals surface area contributed by atoms with E-state index >= 15 is 0 Å². The summed E-state index contributed by atoms with van der Waals surface area (Å²) in [6.07, 6.45) is 6.13. The van der Waals surface area contributed by atoms with E-state index in [9.17, 15) is 0 Å². The Hall–Kier alpha value is -1.48. The molecule has 3 rings (SSSR count). The summed E-state index contributed by atoms with van der Waals surface area (Å²) in [6.45, 7) is 3.11. The molecule has 1 fully saturated rings. The minimum Gasteiger partial charge on any atom is -0.383 e. The van der Waals surface area contributed by atoms with E-state index in [0.717, 1.165) is 35.1 Å². The molecule has 1 aliphatic carbocycles. The van der Waals surface area contributed by atoms with Gasteiger partial charge in [0, 0.05) is 23.0 Å². The Morgan fingerprint density at radius 1 is 1.33 bits per heavy atom. The summed E-state index contributed by atoms with van der Waals surface area (Å²) in [5, 5.41) is 0.722. The molecule has 0 radical (unpaired) electrons. The van der Waals surface area contributed by atoms with Gasteiger partial charge in [-0.1, -0.05) is 43.5 Å². The van der Waals surface area contributed by atoms with Crippen molar-refractivity contribution in [2.24, 2.45) is 0 Å². The van der Waals surface area contributed by atoms with E-state index in [0.29, 0.717) is 5.92 Å². The van der Waals surface area contributed by atoms with Crippen molar-refractivity contribution < 1.29 is 0 Å². The minimum absolute atomic E-state index is 0.562. The third-order valence-electron chi connectivity index (χ3n) is 4.30. The van der Waals surface area contributed by atoms with Gasteiger partial charge in [0.05, 0.1) is 0 Å². The highest BCUT2D eigenvalue weighted by Crippen LogP contribution is 2.37. The molecule has 1 aromatic carbocycles. The average molecular weight is 304 g/mol. The number of hydrogen-bond donors (Lipinski definition) is 1. The number of nitrogens with zero attached hydrogens (tertiary/aromatic N) is 2. The molecule has 0 spiro atoms. The second kappa shape index (κ2) is 6.10. The molecule has 1 saturated carbocycles. The van der Waals surface area contributed by atoms with Crippen molar-refractivity contribution in [1.82, 2.24) is 9.55 Å². The first kappa shape index (κ1) is 14.5. The fourth-order valence-electron chi connectivity index (χ4n) is 3.29. The van der Waals surface area contributed by atoms with Gasteiger partial charge in [0.25, 0.3) is 0 Å². The van der Waals surface area contributed by atoms with Crippen LogP contribution in [0, 0.1) is 0 Å². The van der Waals surface area contributed by atoms with E-state index in [4.69, 9.17) is 22.3 Å². The van der Waals surface area contributed by atoms with Crippen LogP contribution in [0.5, 0.6) is 0 Å². The van der Waals surface area contributed by atoms with Crippen LogP contribution < -0.4 is 5.73 Å². The van der Waals surface area contributed by atoms with Crippen molar-refractivity contribution in [3.05, 3.63) is 35.1 Å². The van der Waals surface area contributed by atoms with Crippen LogP contribution in [0.1, 0.15) is 50.8 Å². The maximum absolute atomic E-state index is 6.40. The Balaban J connectivity index is 2.07. The van der Waals surface area contributed by atoms with E-state index in [1.807, 2.05) is 24.3 Å². The van der Waals surface area contributed by atoms with Crippen LogP contribution in [0.3, 0.4) is 0 Å². The van der Waals surface area contributed by atoms with Crippen molar-refractivity contribution in [3.63, 3.8) is 0 Å². The van der Waals surface area contributed by atoms with E-state index in [-0.39, 0.29) is 0 Å². The van der Waals surface area contributed by atoms with Gasteiger partial charge in [0.15, 0.2) is 0 Å². The molecular weight excluding hydrogens is 282 g/mol. The summed E-state index contributed by atoms with van der Waals surface area (Å²) >= 11 is 6.11. The van der Waals surface area contributed by atoms with Crippen LogP contribution in [-0.2, 0) is 6.54 Å². The van der Waals surface area contributed by atoms with Crippen LogP contribution in [0.15, 0.2) is 24.3 Å². The molecule has 4 heteroatoms. The van der Waals surface area contributed by atoms with Crippen LogP contribution in [0.4, 0.5) is 5.82 Å². The zero-order chi connectivity index (χ0) is 14.8. The number of rotatable bonds is 4. The number of aromatic nitrogens is 2. The Labute approximate surface area is 131 Å². The third-order valence-corrected chi connectivity index (χ3v) is 4.54. The molecule has 1 aliphatic rings. The van der Waals surface area contributed by atoms with Gasteiger partial charge in [-0.2, -0.15) is 0 Å². The van der Waals surface area contributed by atoms with Crippen molar-refractivity contribution >= 4 is 17.4 Å². The normalized spacial score (nSPS) is 15.7. The number of halogens is 1. The molecule has 2 N–H and O–H groups in total. The molecule has 0 unspecified atom stereocenters. The molecule has 0 saturated heterocycles. The lowest BCUT2D eigenvalue weighted by molar-refractivity contribution is 0.579. The monoisotopic (exact) mass is 303 g/mol. The second-order valence-corrected chi connectivity index (χ2v) is 6.28. The van der Waals surface area contributed by atoms with Crippen molar-refractivity contribution in [1.29, 1.82) is 0 Å². The van der Waals surface area contributed by atoms with Crippen LogP contribution in [0.25, 0.3) is 11.3 Å². The Kier molecular flexibility index (Phi) is 4.20. The SMILES string of the molecule is CCCn1c(C2CCCC2)nc(-c2cccc(Cl)c2)c1N. The molecule has 112 valence electrons. The standard InChI is InChI=1S/C17H22ClN3/c1-2-10-21-16(19)15(13-8-5-9-14(18)11-13)20-17(21)12-6-3-4-7-12/h5,8-9,11-12H,2-4,6-7,10,19H2,1H3. The highest BCUT2D eigenvalue weighted by molar-refractivity contribution is 6.30. The number of anilines is 1. The number of nitrogens with two attached hydrogens (primary N) is 1. The van der Waals surface area contributed by atoms with Gasteiger partial charge in [-0.25, -0.2) is 4.98 Å². The zero-order valence-electron chi connectivity index (χ0n) is 12.5. The molecule has 0 aliphatic heterocycles. The first-order valence-corrected chi connectivity index (χ1v) is 8.20. The van der Waals surface area contributed by atoms with E-state index < -0.39 is 0 Å². The number of hydrogen-bond acceptors (Lipinski definition) is 2. The van der Waals surface area contributed by atoms with Gasteiger partial charge in [0.1, 0.15) is 17.3 Å². The average Bonchev–Trinajstić information content (AvgIpc) is 3.09. The van der Waals surface area contributed by atoms with E-state index in [1.54, 1.807) is 0 Å². The summed E-state index contributed by atoms with van der Waals surface area (Å²) in [5.41, 5.74) is 8.29. The smallest absolute Gasteiger partial charge is 0.131 e. The maximum Gasteiger partial charge on any atom is 0.131 e. The Morgan fingerprint density at radius 2 is 2.10 bits per heavy atom. The predicted octanol–water partition coefficient (Wildman–Crippen LogP) is 4.85. The highest BCUT2D eigenvalue weighted by atomic mass is 35.5. The van der Waals surface area contributed by atoms with Gasteiger partial charge >= 0.3 is 0 Å². The largest absolute Gasteiger partial charge is 0.383 e. The molecule has 1 aromatic heterocycles. The minimum atomic E-state index is 0.562. The van der Waals surface area contributed by atoms with Gasteiger partial charge in [-0.05, 0) is 31.4 Å². The molecule has 3 nitrogen and oxygen atoms in total. The number of benzene rings is 1. The topological polar surface area (TPSA) is 43.8 Å². The van der Waals surface area contributed by atoms with E-state index in [1.165, 1.54) is 31.5 Å². The summed E-state index contributed by atoms with van der Waals surface area (Å²) in [5.74, 6) is 2.51. The Bertz CT molecular complexity index is 627. The van der Waals surface area contributed by atoms with Gasteiger partial charge in [-0.15, -0.1) is 0 Å². The maximum atomic E-state index is 6.40. The summed E-state index contributed by atoms with van der Waals surface area (Å²) in [4.78, 5) is 4.90. The van der Waals surface area contributed by atoms with Crippen LogP contribution >= 0.6 is 11.6 Å². The second-order valence-electron chi connectivity index (χ2n) is 5.85. The predicted molar refractivity (Wildman–Crippen MR) is 88.6 cm³/mol. The quantitative estimate of drug-likeness (QED) is 0.877. The lowest BCUT2D eigenvalue weighted by Gasteiger charge is -2.12.